The van der Waals surface area contributed by atoms with Crippen LogP contribution in [-0.4, -0.2) is 18.9 Å². The number of aryl methyl sites for hydroxylation is 1. The Morgan fingerprint density at radius 1 is 1.18 bits per heavy atom. The molecule has 112 valence electrons. The Balaban J connectivity index is 1.67. The number of para-hydroxylation sites is 1. The van der Waals surface area contributed by atoms with Crippen LogP contribution >= 0.6 is 0 Å². The molecule has 0 N–H and O–H groups in total. The van der Waals surface area contributed by atoms with Crippen molar-refractivity contribution in [3.05, 3.63) is 65.5 Å². The van der Waals surface area contributed by atoms with Crippen molar-refractivity contribution in [2.24, 2.45) is 5.16 Å². The Kier molecular flexibility index (Phi) is 4.14. The summed E-state index contributed by atoms with van der Waals surface area (Å²) in [6.07, 6.45) is 2.73. The largest absolute Gasteiger partial charge is 0.440 e. The lowest BCUT2D eigenvalue weighted by Crippen LogP contribution is -2.35. The van der Waals surface area contributed by atoms with Gasteiger partial charge in [0.25, 0.3) is 0 Å². The number of nitrogens with zero attached hydrogens (tertiary/aromatic N) is 2. The summed E-state index contributed by atoms with van der Waals surface area (Å²) in [5.41, 5.74) is 2.66. The van der Waals surface area contributed by atoms with Gasteiger partial charge in [0.15, 0.2) is 0 Å². The van der Waals surface area contributed by atoms with Gasteiger partial charge in [0.2, 0.25) is 0 Å². The summed E-state index contributed by atoms with van der Waals surface area (Å²) in [6, 6.07) is 13.5. The normalized spacial score (nSPS) is 14.0. The number of fused-ring (bicyclic) bond motifs is 1. The number of anilines is 1. The van der Waals surface area contributed by atoms with Gasteiger partial charge in [0.05, 0.1) is 11.9 Å². The SMILES string of the molecule is O=C(ON=Cc1ccc(F)cc1)N1CCCc2ccccc21. The van der Waals surface area contributed by atoms with Crippen LogP contribution < -0.4 is 4.90 Å². The molecule has 0 aliphatic carbocycles. The maximum Gasteiger partial charge on any atom is 0.440 e. The molecule has 0 saturated heterocycles. The van der Waals surface area contributed by atoms with E-state index in [-0.39, 0.29) is 5.82 Å². The summed E-state index contributed by atoms with van der Waals surface area (Å²) in [4.78, 5) is 18.7. The highest BCUT2D eigenvalue weighted by Gasteiger charge is 2.23. The molecule has 2 aromatic carbocycles. The van der Waals surface area contributed by atoms with Gasteiger partial charge in [0, 0.05) is 6.54 Å². The zero-order valence-corrected chi connectivity index (χ0v) is 11.9. The monoisotopic (exact) mass is 298 g/mol. The van der Waals surface area contributed by atoms with Crippen LogP contribution in [0, 0.1) is 5.82 Å². The predicted molar refractivity (Wildman–Crippen MR) is 82.6 cm³/mol. The van der Waals surface area contributed by atoms with E-state index in [4.69, 9.17) is 4.84 Å². The highest BCUT2D eigenvalue weighted by molar-refractivity contribution is 5.89. The molecule has 1 aliphatic rings. The van der Waals surface area contributed by atoms with Crippen LogP contribution in [0.2, 0.25) is 0 Å². The second-order valence-electron chi connectivity index (χ2n) is 5.03. The lowest BCUT2D eigenvalue weighted by atomic mass is 10.0. The first-order valence-corrected chi connectivity index (χ1v) is 7.09. The van der Waals surface area contributed by atoms with Crippen molar-refractivity contribution in [1.29, 1.82) is 0 Å². The average Bonchev–Trinajstić information content (AvgIpc) is 2.56. The number of hydrogen-bond donors (Lipinski definition) is 0. The Labute approximate surface area is 127 Å². The lowest BCUT2D eigenvalue weighted by Gasteiger charge is -2.27. The summed E-state index contributed by atoms with van der Waals surface area (Å²) in [7, 11) is 0. The van der Waals surface area contributed by atoms with Gasteiger partial charge in [-0.05, 0) is 42.2 Å². The van der Waals surface area contributed by atoms with Crippen molar-refractivity contribution in [2.45, 2.75) is 12.8 Å². The van der Waals surface area contributed by atoms with Gasteiger partial charge in [0.1, 0.15) is 5.82 Å². The van der Waals surface area contributed by atoms with E-state index in [0.29, 0.717) is 12.1 Å². The Morgan fingerprint density at radius 3 is 2.77 bits per heavy atom. The molecule has 1 heterocycles. The first-order valence-electron chi connectivity index (χ1n) is 7.09. The Morgan fingerprint density at radius 2 is 1.95 bits per heavy atom. The smallest absolute Gasteiger partial charge is 0.298 e. The molecule has 3 rings (SSSR count). The van der Waals surface area contributed by atoms with Gasteiger partial charge in [-0.15, -0.1) is 0 Å². The van der Waals surface area contributed by atoms with Crippen LogP contribution in [0.15, 0.2) is 53.7 Å². The van der Waals surface area contributed by atoms with Crippen LogP contribution in [0.5, 0.6) is 0 Å². The summed E-state index contributed by atoms with van der Waals surface area (Å²) in [5.74, 6) is -0.320. The van der Waals surface area contributed by atoms with Crippen molar-refractivity contribution < 1.29 is 14.0 Å². The molecule has 22 heavy (non-hydrogen) atoms. The van der Waals surface area contributed by atoms with Gasteiger partial charge in [-0.2, -0.15) is 0 Å². The van der Waals surface area contributed by atoms with Crippen molar-refractivity contribution in [3.8, 4) is 0 Å². The van der Waals surface area contributed by atoms with Crippen molar-refractivity contribution >= 4 is 18.0 Å². The van der Waals surface area contributed by atoms with Crippen LogP contribution in [-0.2, 0) is 11.3 Å². The third-order valence-electron chi connectivity index (χ3n) is 3.53. The number of hydrogen-bond acceptors (Lipinski definition) is 3. The molecule has 2 aromatic rings. The van der Waals surface area contributed by atoms with E-state index in [1.165, 1.54) is 18.3 Å². The minimum atomic E-state index is -0.509. The number of rotatable bonds is 2. The molecule has 0 unspecified atom stereocenters. The molecule has 0 radical (unpaired) electrons. The molecule has 1 aliphatic heterocycles. The molecule has 0 spiro atoms. The van der Waals surface area contributed by atoms with E-state index >= 15 is 0 Å². The Bertz CT molecular complexity index is 698. The summed E-state index contributed by atoms with van der Waals surface area (Å²) in [5, 5.41) is 3.68. The number of halogens is 1. The molecule has 0 bridgehead atoms. The third kappa shape index (κ3) is 3.14. The van der Waals surface area contributed by atoms with Crippen molar-refractivity contribution in [3.63, 3.8) is 0 Å². The second-order valence-corrected chi connectivity index (χ2v) is 5.03. The second kappa shape index (κ2) is 6.39. The zero-order valence-electron chi connectivity index (χ0n) is 11.9. The zero-order chi connectivity index (χ0) is 15.4. The van der Waals surface area contributed by atoms with Crippen LogP contribution in [0.3, 0.4) is 0 Å². The number of benzene rings is 2. The van der Waals surface area contributed by atoms with Crippen molar-refractivity contribution in [1.82, 2.24) is 0 Å². The Hall–Kier alpha value is -2.69. The number of carbonyl (C=O) groups is 1. The fraction of sp³-hybridized carbons (Fsp3) is 0.176. The summed E-state index contributed by atoms with van der Waals surface area (Å²) < 4.78 is 12.8. The fourth-order valence-electron chi connectivity index (χ4n) is 2.45. The van der Waals surface area contributed by atoms with Gasteiger partial charge < -0.3 is 0 Å². The van der Waals surface area contributed by atoms with E-state index in [9.17, 15) is 9.18 Å². The summed E-state index contributed by atoms with van der Waals surface area (Å²) >= 11 is 0. The highest BCUT2D eigenvalue weighted by atomic mass is 19.1. The maximum absolute atomic E-state index is 12.8. The van der Waals surface area contributed by atoms with E-state index in [1.807, 2.05) is 24.3 Å². The first kappa shape index (κ1) is 14.3. The minimum Gasteiger partial charge on any atom is -0.298 e. The molecule has 5 heteroatoms. The van der Waals surface area contributed by atoms with Crippen LogP contribution in [0.4, 0.5) is 14.9 Å². The standard InChI is InChI=1S/C17H15FN2O2/c18-15-9-7-13(8-10-15)12-19-22-17(21)20-11-3-5-14-4-1-2-6-16(14)20/h1-2,4,6-10,12H,3,5,11H2. The quantitative estimate of drug-likeness (QED) is 0.481. The molecule has 0 atom stereocenters. The van der Waals surface area contributed by atoms with E-state index in [0.717, 1.165) is 24.1 Å². The molecule has 0 saturated carbocycles. The van der Waals surface area contributed by atoms with E-state index < -0.39 is 6.09 Å². The van der Waals surface area contributed by atoms with Gasteiger partial charge >= 0.3 is 6.09 Å². The van der Waals surface area contributed by atoms with Gasteiger partial charge in [-0.3, -0.25) is 9.74 Å². The first-order chi connectivity index (χ1) is 10.7. The number of amides is 1. The van der Waals surface area contributed by atoms with Crippen LogP contribution in [0.25, 0.3) is 0 Å². The van der Waals surface area contributed by atoms with E-state index in [2.05, 4.69) is 5.16 Å². The third-order valence-corrected chi connectivity index (χ3v) is 3.53. The molecule has 0 aromatic heterocycles. The predicted octanol–water partition coefficient (Wildman–Crippen LogP) is 3.75. The number of carbonyl (C=O) groups excluding carboxylic acids is 1. The topological polar surface area (TPSA) is 41.9 Å². The van der Waals surface area contributed by atoms with Gasteiger partial charge in [-0.1, -0.05) is 35.5 Å². The molecule has 1 amide bonds. The average molecular weight is 298 g/mol. The fourth-order valence-corrected chi connectivity index (χ4v) is 2.45. The summed E-state index contributed by atoms with van der Waals surface area (Å²) in [6.45, 7) is 0.613. The number of oxime groups is 1. The minimum absolute atomic E-state index is 0.320. The molecular weight excluding hydrogens is 283 g/mol. The highest BCUT2D eigenvalue weighted by Crippen LogP contribution is 2.27. The molecule has 4 nitrogen and oxygen atoms in total. The van der Waals surface area contributed by atoms with Gasteiger partial charge in [-0.25, -0.2) is 9.18 Å². The van der Waals surface area contributed by atoms with Crippen LogP contribution in [0.1, 0.15) is 17.5 Å². The molecule has 0 fully saturated rings. The lowest BCUT2D eigenvalue weighted by molar-refractivity contribution is 0.158. The molecular formula is C17H15FN2O2. The van der Waals surface area contributed by atoms with E-state index in [1.54, 1.807) is 17.0 Å². The van der Waals surface area contributed by atoms with Crippen molar-refractivity contribution in [2.75, 3.05) is 11.4 Å². The maximum atomic E-state index is 12.8.